The molecule has 25 heavy (non-hydrogen) atoms. The van der Waals surface area contributed by atoms with Crippen LogP contribution in [0.15, 0.2) is 30.3 Å². The van der Waals surface area contributed by atoms with Crippen LogP contribution in [0.3, 0.4) is 0 Å². The predicted molar refractivity (Wildman–Crippen MR) is 94.9 cm³/mol. The Hall–Kier alpha value is -2.08. The van der Waals surface area contributed by atoms with Crippen LogP contribution < -0.4 is 5.32 Å². The average Bonchev–Trinajstić information content (AvgIpc) is 2.50. The van der Waals surface area contributed by atoms with Crippen LogP contribution >= 0.6 is 0 Å². The molecule has 0 aliphatic carbocycles. The van der Waals surface area contributed by atoms with Crippen molar-refractivity contribution in [2.75, 3.05) is 0 Å². The van der Waals surface area contributed by atoms with Crippen LogP contribution in [0.4, 0.5) is 4.79 Å². The van der Waals surface area contributed by atoms with Crippen molar-refractivity contribution in [2.24, 2.45) is 5.92 Å². The largest absolute Gasteiger partial charge is 0.459 e. The summed E-state index contributed by atoms with van der Waals surface area (Å²) in [7, 11) is 0. The van der Waals surface area contributed by atoms with Gasteiger partial charge in [-0.15, -0.1) is 0 Å². The lowest BCUT2D eigenvalue weighted by Crippen LogP contribution is -2.49. The summed E-state index contributed by atoms with van der Waals surface area (Å²) in [5, 5.41) is 12.9. The van der Waals surface area contributed by atoms with Gasteiger partial charge >= 0.3 is 12.1 Å². The molecule has 140 valence electrons. The van der Waals surface area contributed by atoms with Gasteiger partial charge in [-0.2, -0.15) is 0 Å². The number of nitrogens with one attached hydrogen (secondary N) is 1. The molecule has 0 radical (unpaired) electrons. The number of benzene rings is 1. The van der Waals surface area contributed by atoms with Gasteiger partial charge in [-0.1, -0.05) is 44.2 Å². The van der Waals surface area contributed by atoms with E-state index < -0.39 is 29.8 Å². The monoisotopic (exact) mass is 351 g/mol. The molecule has 0 heterocycles. The molecule has 1 aromatic rings. The van der Waals surface area contributed by atoms with Crippen molar-refractivity contribution in [1.29, 1.82) is 0 Å². The van der Waals surface area contributed by atoms with Gasteiger partial charge in [0, 0.05) is 0 Å². The number of hydrogen-bond donors (Lipinski definition) is 2. The topological polar surface area (TPSA) is 84.9 Å². The zero-order valence-corrected chi connectivity index (χ0v) is 15.6. The standard InChI is InChI=1S/C19H29NO5/c1-13(2)11-15(20-18(23)25-19(3,4)5)16(21)17(22)24-12-14-9-7-6-8-10-14/h6-10,13,15-16,21H,11-12H2,1-5H3,(H,20,23)/t15-,16+/m0/s1. The van der Waals surface area contributed by atoms with E-state index in [1.165, 1.54) is 0 Å². The SMILES string of the molecule is CC(C)C[C@H](NC(=O)OC(C)(C)C)[C@@H](O)C(=O)OCc1ccccc1. The lowest BCUT2D eigenvalue weighted by Gasteiger charge is -2.26. The van der Waals surface area contributed by atoms with Gasteiger partial charge in [0.25, 0.3) is 0 Å². The highest BCUT2D eigenvalue weighted by atomic mass is 16.6. The molecular formula is C19H29NO5. The maximum atomic E-state index is 12.1. The molecule has 0 bridgehead atoms. The first kappa shape index (κ1) is 21.0. The molecule has 1 rings (SSSR count). The maximum absolute atomic E-state index is 12.1. The van der Waals surface area contributed by atoms with Crippen molar-refractivity contribution in [3.05, 3.63) is 35.9 Å². The predicted octanol–water partition coefficient (Wildman–Crippen LogP) is 3.03. The second-order valence-corrected chi connectivity index (χ2v) is 7.42. The summed E-state index contributed by atoms with van der Waals surface area (Å²) >= 11 is 0. The first-order valence-corrected chi connectivity index (χ1v) is 8.46. The van der Waals surface area contributed by atoms with Crippen LogP contribution in [0.5, 0.6) is 0 Å². The Morgan fingerprint density at radius 1 is 1.16 bits per heavy atom. The quantitative estimate of drug-likeness (QED) is 0.738. The number of amides is 1. The van der Waals surface area contributed by atoms with E-state index in [9.17, 15) is 14.7 Å². The molecule has 0 aromatic heterocycles. The molecule has 0 spiro atoms. The molecule has 0 aliphatic heterocycles. The fourth-order valence-corrected chi connectivity index (χ4v) is 2.21. The summed E-state index contributed by atoms with van der Waals surface area (Å²) in [6.07, 6.45) is -1.72. The molecular weight excluding hydrogens is 322 g/mol. The van der Waals surface area contributed by atoms with E-state index in [2.05, 4.69) is 5.32 Å². The van der Waals surface area contributed by atoms with E-state index in [4.69, 9.17) is 9.47 Å². The zero-order chi connectivity index (χ0) is 19.0. The van der Waals surface area contributed by atoms with E-state index in [1.807, 2.05) is 44.2 Å². The maximum Gasteiger partial charge on any atom is 0.407 e. The number of hydrogen-bond acceptors (Lipinski definition) is 5. The third-order valence-electron chi connectivity index (χ3n) is 3.27. The smallest absolute Gasteiger partial charge is 0.407 e. The van der Waals surface area contributed by atoms with Crippen LogP contribution in [0.2, 0.25) is 0 Å². The van der Waals surface area contributed by atoms with E-state index in [-0.39, 0.29) is 12.5 Å². The molecule has 0 saturated heterocycles. The summed E-state index contributed by atoms with van der Waals surface area (Å²) in [6, 6.07) is 8.41. The lowest BCUT2D eigenvalue weighted by molar-refractivity contribution is -0.156. The Kier molecular flexibility index (Phi) is 7.90. The van der Waals surface area contributed by atoms with Gasteiger partial charge in [0.1, 0.15) is 12.2 Å². The van der Waals surface area contributed by atoms with Gasteiger partial charge in [-0.05, 0) is 38.7 Å². The molecule has 1 amide bonds. The van der Waals surface area contributed by atoms with Gasteiger partial charge in [-0.3, -0.25) is 0 Å². The van der Waals surface area contributed by atoms with E-state index in [0.29, 0.717) is 6.42 Å². The average molecular weight is 351 g/mol. The zero-order valence-electron chi connectivity index (χ0n) is 15.6. The number of alkyl carbamates (subject to hydrolysis) is 1. The van der Waals surface area contributed by atoms with Crippen molar-refractivity contribution in [2.45, 2.75) is 65.4 Å². The normalized spacial score (nSPS) is 13.9. The van der Waals surface area contributed by atoms with Crippen molar-refractivity contribution in [3.63, 3.8) is 0 Å². The minimum atomic E-state index is -1.46. The van der Waals surface area contributed by atoms with Crippen LogP contribution in [0, 0.1) is 5.92 Å². The third-order valence-corrected chi connectivity index (χ3v) is 3.27. The van der Waals surface area contributed by atoms with Gasteiger partial charge in [0.15, 0.2) is 6.10 Å². The highest BCUT2D eigenvalue weighted by molar-refractivity contribution is 5.77. The number of ether oxygens (including phenoxy) is 2. The number of carbonyl (C=O) groups excluding carboxylic acids is 2. The van der Waals surface area contributed by atoms with Crippen LogP contribution in [0.1, 0.15) is 46.6 Å². The molecule has 6 heteroatoms. The first-order valence-electron chi connectivity index (χ1n) is 8.46. The third kappa shape index (κ3) is 8.54. The first-order chi connectivity index (χ1) is 11.6. The number of esters is 1. The summed E-state index contributed by atoms with van der Waals surface area (Å²) in [5.74, 6) is -0.609. The van der Waals surface area contributed by atoms with Gasteiger partial charge < -0.3 is 19.9 Å². The van der Waals surface area contributed by atoms with Crippen LogP contribution in [-0.2, 0) is 20.9 Å². The molecule has 6 nitrogen and oxygen atoms in total. The Morgan fingerprint density at radius 3 is 2.28 bits per heavy atom. The van der Waals surface area contributed by atoms with Gasteiger partial charge in [0.05, 0.1) is 6.04 Å². The highest BCUT2D eigenvalue weighted by Gasteiger charge is 2.31. The summed E-state index contributed by atoms with van der Waals surface area (Å²) in [4.78, 5) is 24.1. The number of carbonyl (C=O) groups is 2. The molecule has 0 fully saturated rings. The fourth-order valence-electron chi connectivity index (χ4n) is 2.21. The Morgan fingerprint density at radius 2 is 1.76 bits per heavy atom. The minimum absolute atomic E-state index is 0.0670. The molecule has 1 aromatic carbocycles. The molecule has 0 unspecified atom stereocenters. The molecule has 2 N–H and O–H groups in total. The number of rotatable bonds is 7. The molecule has 2 atom stereocenters. The van der Waals surface area contributed by atoms with Crippen molar-refractivity contribution in [3.8, 4) is 0 Å². The van der Waals surface area contributed by atoms with Crippen molar-refractivity contribution >= 4 is 12.1 Å². The van der Waals surface area contributed by atoms with E-state index in [0.717, 1.165) is 5.56 Å². The molecule has 0 aliphatic rings. The lowest BCUT2D eigenvalue weighted by atomic mass is 9.99. The Labute approximate surface area is 149 Å². The fraction of sp³-hybridized carbons (Fsp3) is 0.579. The van der Waals surface area contributed by atoms with E-state index in [1.54, 1.807) is 20.8 Å². The summed E-state index contributed by atoms with van der Waals surface area (Å²) in [6.45, 7) is 9.17. The second-order valence-electron chi connectivity index (χ2n) is 7.42. The Bertz CT molecular complexity index is 551. The number of aliphatic hydroxyl groups is 1. The van der Waals surface area contributed by atoms with Crippen LogP contribution in [-0.4, -0.2) is 34.9 Å². The van der Waals surface area contributed by atoms with Crippen LogP contribution in [0.25, 0.3) is 0 Å². The Balaban J connectivity index is 2.66. The van der Waals surface area contributed by atoms with Crippen molar-refractivity contribution < 1.29 is 24.2 Å². The van der Waals surface area contributed by atoms with Gasteiger partial charge in [-0.25, -0.2) is 9.59 Å². The summed E-state index contributed by atoms with van der Waals surface area (Å²) < 4.78 is 10.3. The minimum Gasteiger partial charge on any atom is -0.459 e. The number of aliphatic hydroxyl groups excluding tert-OH is 1. The molecule has 0 saturated carbocycles. The highest BCUT2D eigenvalue weighted by Crippen LogP contribution is 2.13. The summed E-state index contributed by atoms with van der Waals surface area (Å²) in [5.41, 5.74) is 0.161. The van der Waals surface area contributed by atoms with Gasteiger partial charge in [0.2, 0.25) is 0 Å². The second kappa shape index (κ2) is 9.42. The van der Waals surface area contributed by atoms with Crippen molar-refractivity contribution in [1.82, 2.24) is 5.32 Å². The van der Waals surface area contributed by atoms with E-state index >= 15 is 0 Å².